The Balaban J connectivity index is 1.44. The normalized spacial score (nSPS) is 14.5. The predicted octanol–water partition coefficient (Wildman–Crippen LogP) is 3.22. The molecule has 1 aliphatic rings. The SMILES string of the molecule is O=C(CCN1CCOCC1)Nc1cccc(CNC(=O)c2ccc(OCC(F)(F)F)cc2)c1. The molecule has 10 heteroatoms. The van der Waals surface area contributed by atoms with Crippen LogP contribution in [-0.2, 0) is 16.1 Å². The number of ether oxygens (including phenoxy) is 2. The zero-order valence-electron chi connectivity index (χ0n) is 18.0. The van der Waals surface area contributed by atoms with Gasteiger partial charge < -0.3 is 20.1 Å². The summed E-state index contributed by atoms with van der Waals surface area (Å²) in [7, 11) is 0. The summed E-state index contributed by atoms with van der Waals surface area (Å²) in [6.07, 6.45) is -4.05. The van der Waals surface area contributed by atoms with Crippen LogP contribution in [0.15, 0.2) is 48.5 Å². The number of hydrogen-bond acceptors (Lipinski definition) is 5. The van der Waals surface area contributed by atoms with Crippen molar-refractivity contribution < 1.29 is 32.2 Å². The molecule has 0 aliphatic carbocycles. The minimum atomic E-state index is -4.42. The molecule has 33 heavy (non-hydrogen) atoms. The Kier molecular flexibility index (Phi) is 8.67. The number of morpholine rings is 1. The summed E-state index contributed by atoms with van der Waals surface area (Å²) in [5, 5.41) is 5.62. The number of rotatable bonds is 9. The number of halogens is 3. The summed E-state index contributed by atoms with van der Waals surface area (Å²) in [5.41, 5.74) is 1.72. The van der Waals surface area contributed by atoms with Gasteiger partial charge in [-0.2, -0.15) is 13.2 Å². The molecule has 0 atom stereocenters. The smallest absolute Gasteiger partial charge is 0.422 e. The van der Waals surface area contributed by atoms with Gasteiger partial charge in [-0.05, 0) is 42.0 Å². The van der Waals surface area contributed by atoms with Gasteiger partial charge in [0.1, 0.15) is 5.75 Å². The number of anilines is 1. The summed E-state index contributed by atoms with van der Waals surface area (Å²) in [4.78, 5) is 26.7. The van der Waals surface area contributed by atoms with Crippen molar-refractivity contribution in [2.24, 2.45) is 0 Å². The molecule has 2 N–H and O–H groups in total. The quantitative estimate of drug-likeness (QED) is 0.595. The highest BCUT2D eigenvalue weighted by Crippen LogP contribution is 2.19. The molecule has 0 radical (unpaired) electrons. The van der Waals surface area contributed by atoms with Crippen LogP contribution in [0, 0.1) is 0 Å². The van der Waals surface area contributed by atoms with Crippen molar-refractivity contribution in [3.63, 3.8) is 0 Å². The summed E-state index contributed by atoms with van der Waals surface area (Å²) in [6.45, 7) is 2.53. The molecule has 1 heterocycles. The molecule has 1 aliphatic heterocycles. The third-order valence-corrected chi connectivity index (χ3v) is 4.94. The van der Waals surface area contributed by atoms with Crippen LogP contribution in [0.25, 0.3) is 0 Å². The van der Waals surface area contributed by atoms with Gasteiger partial charge >= 0.3 is 6.18 Å². The molecule has 0 spiro atoms. The first kappa shape index (κ1) is 24.5. The minimum absolute atomic E-state index is 0.0286. The van der Waals surface area contributed by atoms with Crippen molar-refractivity contribution in [2.75, 3.05) is 44.8 Å². The van der Waals surface area contributed by atoms with Gasteiger partial charge in [-0.15, -0.1) is 0 Å². The Morgan fingerprint density at radius 1 is 1.06 bits per heavy atom. The molecule has 1 saturated heterocycles. The van der Waals surface area contributed by atoms with Crippen molar-refractivity contribution in [1.29, 1.82) is 0 Å². The number of carbonyl (C=O) groups is 2. The van der Waals surface area contributed by atoms with Gasteiger partial charge in [-0.1, -0.05) is 12.1 Å². The van der Waals surface area contributed by atoms with E-state index in [0.717, 1.165) is 18.7 Å². The molecule has 7 nitrogen and oxygen atoms in total. The Hall–Kier alpha value is -3.11. The fourth-order valence-electron chi connectivity index (χ4n) is 3.22. The van der Waals surface area contributed by atoms with Crippen LogP contribution in [0.5, 0.6) is 5.75 Å². The van der Waals surface area contributed by atoms with E-state index in [1.165, 1.54) is 24.3 Å². The van der Waals surface area contributed by atoms with Gasteiger partial charge in [0.05, 0.1) is 13.2 Å². The number of nitrogens with zero attached hydrogens (tertiary/aromatic N) is 1. The zero-order valence-corrected chi connectivity index (χ0v) is 18.0. The molecule has 2 aromatic rings. The zero-order chi connectivity index (χ0) is 23.7. The topological polar surface area (TPSA) is 79.9 Å². The second-order valence-corrected chi connectivity index (χ2v) is 7.56. The number of hydrogen-bond donors (Lipinski definition) is 2. The summed E-state index contributed by atoms with van der Waals surface area (Å²) >= 11 is 0. The maximum absolute atomic E-state index is 12.3. The van der Waals surface area contributed by atoms with Crippen LogP contribution >= 0.6 is 0 Å². The Morgan fingerprint density at radius 2 is 1.79 bits per heavy atom. The maximum Gasteiger partial charge on any atom is 0.422 e. The lowest BCUT2D eigenvalue weighted by Gasteiger charge is -2.26. The van der Waals surface area contributed by atoms with E-state index in [1.807, 2.05) is 6.07 Å². The number of carbonyl (C=O) groups excluding carboxylic acids is 2. The molecule has 1 fully saturated rings. The minimum Gasteiger partial charge on any atom is -0.484 e. The van der Waals surface area contributed by atoms with E-state index in [4.69, 9.17) is 4.74 Å². The fraction of sp³-hybridized carbons (Fsp3) is 0.391. The standard InChI is InChI=1S/C23H26F3N3O4/c24-23(25,26)16-33-20-6-4-18(5-7-20)22(31)27-15-17-2-1-3-19(14-17)28-21(30)8-9-29-10-12-32-13-11-29/h1-7,14H,8-13,15-16H2,(H,27,31)(H,28,30). The Bertz CT molecular complexity index is 929. The van der Waals surface area contributed by atoms with E-state index < -0.39 is 12.8 Å². The third kappa shape index (κ3) is 8.74. The van der Waals surface area contributed by atoms with E-state index >= 15 is 0 Å². The Morgan fingerprint density at radius 3 is 2.48 bits per heavy atom. The highest BCUT2D eigenvalue weighted by Gasteiger charge is 2.28. The summed E-state index contributed by atoms with van der Waals surface area (Å²) < 4.78 is 46.5. The molecule has 3 rings (SSSR count). The third-order valence-electron chi connectivity index (χ3n) is 4.94. The lowest BCUT2D eigenvalue weighted by Crippen LogP contribution is -2.38. The lowest BCUT2D eigenvalue weighted by molar-refractivity contribution is -0.153. The van der Waals surface area contributed by atoms with Crippen molar-refractivity contribution in [2.45, 2.75) is 19.1 Å². The lowest BCUT2D eigenvalue weighted by atomic mass is 10.1. The number of nitrogens with one attached hydrogen (secondary N) is 2. The van der Waals surface area contributed by atoms with Crippen molar-refractivity contribution in [3.8, 4) is 5.75 Å². The van der Waals surface area contributed by atoms with Gasteiger partial charge in [-0.25, -0.2) is 0 Å². The van der Waals surface area contributed by atoms with Crippen molar-refractivity contribution in [3.05, 3.63) is 59.7 Å². The first-order valence-corrected chi connectivity index (χ1v) is 10.6. The molecular weight excluding hydrogens is 439 g/mol. The van der Waals surface area contributed by atoms with E-state index in [1.54, 1.807) is 18.2 Å². The molecule has 0 saturated carbocycles. The summed E-state index contributed by atoms with van der Waals surface area (Å²) in [6, 6.07) is 12.6. The largest absolute Gasteiger partial charge is 0.484 e. The van der Waals surface area contributed by atoms with Gasteiger partial charge in [0.2, 0.25) is 5.91 Å². The number of alkyl halides is 3. The molecule has 2 aromatic carbocycles. The summed E-state index contributed by atoms with van der Waals surface area (Å²) in [5.74, 6) is -0.436. The van der Waals surface area contributed by atoms with Crippen LogP contribution in [-0.4, -0.2) is 62.3 Å². The monoisotopic (exact) mass is 465 g/mol. The average molecular weight is 465 g/mol. The van der Waals surface area contributed by atoms with Gasteiger partial charge in [0, 0.05) is 43.9 Å². The molecule has 2 amide bonds. The highest BCUT2D eigenvalue weighted by atomic mass is 19.4. The van der Waals surface area contributed by atoms with E-state index in [9.17, 15) is 22.8 Å². The fourth-order valence-corrected chi connectivity index (χ4v) is 3.22. The first-order chi connectivity index (χ1) is 15.8. The van der Waals surface area contributed by atoms with Crippen LogP contribution in [0.1, 0.15) is 22.3 Å². The van der Waals surface area contributed by atoms with Crippen LogP contribution in [0.2, 0.25) is 0 Å². The predicted molar refractivity (Wildman–Crippen MR) is 116 cm³/mol. The number of amides is 2. The van der Waals surface area contributed by atoms with E-state index in [0.29, 0.717) is 37.4 Å². The van der Waals surface area contributed by atoms with Crippen LogP contribution in [0.4, 0.5) is 18.9 Å². The molecule has 0 aromatic heterocycles. The van der Waals surface area contributed by atoms with E-state index in [-0.39, 0.29) is 24.1 Å². The van der Waals surface area contributed by atoms with Crippen molar-refractivity contribution in [1.82, 2.24) is 10.2 Å². The average Bonchev–Trinajstić information content (AvgIpc) is 2.81. The van der Waals surface area contributed by atoms with Crippen LogP contribution in [0.3, 0.4) is 0 Å². The Labute approximate surface area is 189 Å². The molecular formula is C23H26F3N3O4. The van der Waals surface area contributed by atoms with Gasteiger partial charge in [-0.3, -0.25) is 14.5 Å². The van der Waals surface area contributed by atoms with Gasteiger partial charge in [0.25, 0.3) is 5.91 Å². The molecule has 178 valence electrons. The van der Waals surface area contributed by atoms with E-state index in [2.05, 4.69) is 20.3 Å². The maximum atomic E-state index is 12.3. The molecule has 0 unspecified atom stereocenters. The second-order valence-electron chi connectivity index (χ2n) is 7.56. The second kappa shape index (κ2) is 11.7. The number of benzene rings is 2. The van der Waals surface area contributed by atoms with Crippen LogP contribution < -0.4 is 15.4 Å². The highest BCUT2D eigenvalue weighted by molar-refractivity contribution is 5.94. The van der Waals surface area contributed by atoms with Gasteiger partial charge in [0.15, 0.2) is 6.61 Å². The van der Waals surface area contributed by atoms with Crippen molar-refractivity contribution >= 4 is 17.5 Å². The first-order valence-electron chi connectivity index (χ1n) is 10.6. The molecule has 0 bridgehead atoms.